The van der Waals surface area contributed by atoms with Gasteiger partial charge in [0.25, 0.3) is 0 Å². The van der Waals surface area contributed by atoms with Crippen molar-refractivity contribution in [3.8, 4) is 17.6 Å². The number of nitrogens with one attached hydrogen (secondary N) is 1. The van der Waals surface area contributed by atoms with Gasteiger partial charge >= 0.3 is 0 Å². The summed E-state index contributed by atoms with van der Waals surface area (Å²) in [5.74, 6) is 1.49. The first-order valence-corrected chi connectivity index (χ1v) is 6.64. The lowest BCUT2D eigenvalue weighted by Crippen LogP contribution is -1.94. The number of benzene rings is 2. The summed E-state index contributed by atoms with van der Waals surface area (Å²) in [6.07, 6.45) is 2.28. The predicted molar refractivity (Wildman–Crippen MR) is 80.0 cm³/mol. The maximum absolute atomic E-state index is 9.24. The molecule has 4 heteroatoms. The van der Waals surface area contributed by atoms with E-state index >= 15 is 0 Å². The molecule has 104 valence electrons. The van der Waals surface area contributed by atoms with Gasteiger partial charge in [0.1, 0.15) is 0 Å². The number of anilines is 1. The van der Waals surface area contributed by atoms with Crippen LogP contribution in [0.25, 0.3) is 0 Å². The zero-order valence-corrected chi connectivity index (χ0v) is 11.4. The van der Waals surface area contributed by atoms with Crippen LogP contribution in [-0.2, 0) is 6.42 Å². The second kappa shape index (κ2) is 6.02. The minimum Gasteiger partial charge on any atom is -0.454 e. The van der Waals surface area contributed by atoms with Gasteiger partial charge in [0.05, 0.1) is 6.07 Å². The van der Waals surface area contributed by atoms with Gasteiger partial charge in [0.15, 0.2) is 11.5 Å². The van der Waals surface area contributed by atoms with E-state index < -0.39 is 0 Å². The normalized spacial score (nSPS) is 12.8. The van der Waals surface area contributed by atoms with Gasteiger partial charge in [-0.15, -0.1) is 0 Å². The number of para-hydroxylation sites is 1. The summed E-state index contributed by atoms with van der Waals surface area (Å²) >= 11 is 0. The summed E-state index contributed by atoms with van der Waals surface area (Å²) in [5, 5.41) is 12.4. The van der Waals surface area contributed by atoms with Crippen molar-refractivity contribution in [1.82, 2.24) is 0 Å². The summed E-state index contributed by atoms with van der Waals surface area (Å²) in [6.45, 7) is 0.259. The van der Waals surface area contributed by atoms with Gasteiger partial charge in [-0.25, -0.2) is 0 Å². The highest BCUT2D eigenvalue weighted by molar-refractivity contribution is 5.49. The van der Waals surface area contributed by atoms with Gasteiger partial charge in [-0.3, -0.25) is 0 Å². The van der Waals surface area contributed by atoms with E-state index in [4.69, 9.17) is 9.47 Å². The number of fused-ring (bicyclic) bond motifs is 1. The van der Waals surface area contributed by atoms with Crippen LogP contribution in [-0.4, -0.2) is 6.79 Å². The smallest absolute Gasteiger partial charge is 0.231 e. The van der Waals surface area contributed by atoms with Gasteiger partial charge in [-0.1, -0.05) is 24.3 Å². The fourth-order valence-electron chi connectivity index (χ4n) is 2.10. The molecular formula is C17H14N2O2. The van der Waals surface area contributed by atoms with Crippen molar-refractivity contribution < 1.29 is 9.47 Å². The molecule has 3 rings (SSSR count). The van der Waals surface area contributed by atoms with Gasteiger partial charge < -0.3 is 14.8 Å². The van der Waals surface area contributed by atoms with Gasteiger partial charge in [-0.05, 0) is 29.8 Å². The maximum atomic E-state index is 9.24. The molecule has 1 aliphatic heterocycles. The van der Waals surface area contributed by atoms with E-state index in [9.17, 15) is 5.26 Å². The Labute approximate surface area is 123 Å². The fraction of sp³-hybridized carbons (Fsp3) is 0.118. The first kappa shape index (κ1) is 13.1. The van der Waals surface area contributed by atoms with Crippen molar-refractivity contribution in [1.29, 1.82) is 5.26 Å². The molecule has 0 bridgehead atoms. The third-order valence-corrected chi connectivity index (χ3v) is 3.16. The molecular weight excluding hydrogens is 264 g/mol. The van der Waals surface area contributed by atoms with Gasteiger partial charge in [0.2, 0.25) is 6.79 Å². The van der Waals surface area contributed by atoms with Crippen LogP contribution in [0.1, 0.15) is 5.56 Å². The van der Waals surface area contributed by atoms with E-state index in [1.165, 1.54) is 0 Å². The highest BCUT2D eigenvalue weighted by atomic mass is 16.7. The van der Waals surface area contributed by atoms with Crippen molar-refractivity contribution in [2.75, 3.05) is 12.1 Å². The molecule has 2 aromatic rings. The van der Waals surface area contributed by atoms with Crippen LogP contribution in [0.3, 0.4) is 0 Å². The summed E-state index contributed by atoms with van der Waals surface area (Å²) in [5.41, 5.74) is 2.62. The highest BCUT2D eigenvalue weighted by Gasteiger charge is 2.13. The molecule has 1 aliphatic rings. The number of nitriles is 1. The van der Waals surface area contributed by atoms with Crippen LogP contribution in [0.15, 0.2) is 60.3 Å². The molecule has 0 saturated heterocycles. The molecule has 4 nitrogen and oxygen atoms in total. The van der Waals surface area contributed by atoms with Crippen molar-refractivity contribution >= 4 is 5.69 Å². The Balaban J connectivity index is 1.71. The van der Waals surface area contributed by atoms with Crippen LogP contribution in [0, 0.1) is 11.3 Å². The lowest BCUT2D eigenvalue weighted by molar-refractivity contribution is 0.174. The quantitative estimate of drug-likeness (QED) is 0.870. The van der Waals surface area contributed by atoms with Crippen LogP contribution in [0.4, 0.5) is 5.69 Å². The van der Waals surface area contributed by atoms with E-state index in [1.807, 2.05) is 48.5 Å². The van der Waals surface area contributed by atoms with Crippen molar-refractivity contribution in [2.45, 2.75) is 6.42 Å². The van der Waals surface area contributed by atoms with Crippen LogP contribution >= 0.6 is 0 Å². The second-order valence-corrected chi connectivity index (χ2v) is 4.66. The number of nitrogens with zero attached hydrogens (tertiary/aromatic N) is 1. The largest absolute Gasteiger partial charge is 0.454 e. The minimum atomic E-state index is 0.259. The summed E-state index contributed by atoms with van der Waals surface area (Å²) in [7, 11) is 0. The molecule has 0 saturated carbocycles. The first-order valence-electron chi connectivity index (χ1n) is 6.64. The average Bonchev–Trinajstić information content (AvgIpc) is 3.00. The van der Waals surface area contributed by atoms with Crippen LogP contribution in [0.2, 0.25) is 0 Å². The Morgan fingerprint density at radius 1 is 1.14 bits per heavy atom. The molecule has 0 spiro atoms. The molecule has 1 N–H and O–H groups in total. The molecule has 0 atom stereocenters. The maximum Gasteiger partial charge on any atom is 0.231 e. The molecule has 0 fully saturated rings. The number of allylic oxidation sites excluding steroid dienone is 1. The summed E-state index contributed by atoms with van der Waals surface area (Å²) in [6, 6.07) is 17.7. The molecule has 21 heavy (non-hydrogen) atoms. The highest BCUT2D eigenvalue weighted by Crippen LogP contribution is 2.33. The number of rotatable bonds is 4. The van der Waals surface area contributed by atoms with Gasteiger partial charge in [-0.2, -0.15) is 5.26 Å². The zero-order chi connectivity index (χ0) is 14.5. The molecule has 0 amide bonds. The minimum absolute atomic E-state index is 0.259. The number of hydrogen-bond donors (Lipinski definition) is 1. The van der Waals surface area contributed by atoms with Crippen LogP contribution < -0.4 is 14.8 Å². The Kier molecular flexibility index (Phi) is 3.74. The standard InChI is InChI=1S/C17H14N2O2/c18-10-14(11-19-15-4-2-1-3-5-15)8-13-6-7-16-17(9-13)21-12-20-16/h1-7,9,11,19H,8,12H2. The number of ether oxygens (including phenoxy) is 2. The van der Waals surface area contributed by atoms with Crippen molar-refractivity contribution in [2.24, 2.45) is 0 Å². The van der Waals surface area contributed by atoms with E-state index in [1.54, 1.807) is 6.20 Å². The molecule has 1 heterocycles. The van der Waals surface area contributed by atoms with Crippen molar-refractivity contribution in [3.05, 3.63) is 65.9 Å². The zero-order valence-electron chi connectivity index (χ0n) is 11.4. The molecule has 0 radical (unpaired) electrons. The van der Waals surface area contributed by atoms with E-state index in [2.05, 4.69) is 11.4 Å². The first-order chi connectivity index (χ1) is 10.3. The summed E-state index contributed by atoms with van der Waals surface area (Å²) in [4.78, 5) is 0. The third kappa shape index (κ3) is 3.15. The molecule has 2 aromatic carbocycles. The molecule has 0 unspecified atom stereocenters. The number of hydrogen-bond acceptors (Lipinski definition) is 4. The SMILES string of the molecule is N#CC(=CNc1ccccc1)Cc1ccc2c(c1)OCO2. The van der Waals surface area contributed by atoms with E-state index in [0.717, 1.165) is 22.7 Å². The fourth-order valence-corrected chi connectivity index (χ4v) is 2.10. The molecule has 0 aliphatic carbocycles. The van der Waals surface area contributed by atoms with Gasteiger partial charge in [0, 0.05) is 23.9 Å². The Bertz CT molecular complexity index is 702. The third-order valence-electron chi connectivity index (χ3n) is 3.16. The van der Waals surface area contributed by atoms with Crippen LogP contribution in [0.5, 0.6) is 11.5 Å². The second-order valence-electron chi connectivity index (χ2n) is 4.66. The average molecular weight is 278 g/mol. The Hall–Kier alpha value is -2.93. The Morgan fingerprint density at radius 3 is 2.76 bits per heavy atom. The topological polar surface area (TPSA) is 54.3 Å². The molecule has 0 aromatic heterocycles. The van der Waals surface area contributed by atoms with E-state index in [0.29, 0.717) is 12.0 Å². The lowest BCUT2D eigenvalue weighted by Gasteiger charge is -2.04. The Morgan fingerprint density at radius 2 is 1.95 bits per heavy atom. The lowest BCUT2D eigenvalue weighted by atomic mass is 10.1. The van der Waals surface area contributed by atoms with Crippen molar-refractivity contribution in [3.63, 3.8) is 0 Å². The van der Waals surface area contributed by atoms with E-state index in [-0.39, 0.29) is 6.79 Å². The predicted octanol–water partition coefficient (Wildman–Crippen LogP) is 3.48. The monoisotopic (exact) mass is 278 g/mol. The summed E-state index contributed by atoms with van der Waals surface area (Å²) < 4.78 is 10.6.